The lowest BCUT2D eigenvalue weighted by atomic mass is 10.2. The molecule has 1 heterocycles. The van der Waals surface area contributed by atoms with Crippen molar-refractivity contribution in [2.24, 2.45) is 0 Å². The van der Waals surface area contributed by atoms with Gasteiger partial charge in [0.25, 0.3) is 0 Å². The Morgan fingerprint density at radius 3 is 2.67 bits per heavy atom. The summed E-state index contributed by atoms with van der Waals surface area (Å²) in [5.74, 6) is 0.549. The molecule has 0 aliphatic rings. The topological polar surface area (TPSA) is 55.0 Å². The van der Waals surface area contributed by atoms with Crippen LogP contribution in [0, 0.1) is 13.8 Å². The number of hydrogen-bond acceptors (Lipinski definition) is 3. The molecule has 0 aliphatic carbocycles. The highest BCUT2D eigenvalue weighted by molar-refractivity contribution is 5.92. The zero-order valence-electron chi connectivity index (χ0n) is 9.55. The molecule has 1 N–H and O–H groups in total. The van der Waals surface area contributed by atoms with Gasteiger partial charge in [-0.3, -0.25) is 0 Å². The zero-order valence-corrected chi connectivity index (χ0v) is 9.55. The van der Waals surface area contributed by atoms with Crippen LogP contribution in [0.15, 0.2) is 5.57 Å². The number of hydrogen-bond donors (Lipinski definition) is 1. The molecule has 0 fully saturated rings. The Labute approximate surface area is 89.4 Å². The number of imidazole rings is 1. The first-order chi connectivity index (χ1) is 7.04. The van der Waals surface area contributed by atoms with Gasteiger partial charge in [-0.2, -0.15) is 0 Å². The number of H-pyrrole nitrogens is 1. The minimum absolute atomic E-state index is 0.294. The standard InChI is InChI=1S/C11H16N2O2/c1-5-15-11(14)7(2)6-10-8(3)12-9(4)13-10/h6H,5H2,1-4H3,(H,12,13)/b7-6+. The highest BCUT2D eigenvalue weighted by atomic mass is 16.5. The number of rotatable bonds is 3. The van der Waals surface area contributed by atoms with Crippen LogP contribution in [0.4, 0.5) is 0 Å². The van der Waals surface area contributed by atoms with Crippen LogP contribution in [0.1, 0.15) is 31.1 Å². The number of esters is 1. The van der Waals surface area contributed by atoms with Crippen LogP contribution in [-0.2, 0) is 9.53 Å². The van der Waals surface area contributed by atoms with E-state index in [0.717, 1.165) is 17.2 Å². The first kappa shape index (κ1) is 11.5. The largest absolute Gasteiger partial charge is 0.463 e. The summed E-state index contributed by atoms with van der Waals surface area (Å²) < 4.78 is 4.88. The fraction of sp³-hybridized carbons (Fsp3) is 0.455. The molecule has 0 unspecified atom stereocenters. The van der Waals surface area contributed by atoms with Crippen LogP contribution in [0.5, 0.6) is 0 Å². The second kappa shape index (κ2) is 4.77. The molecule has 1 aromatic heterocycles. The van der Waals surface area contributed by atoms with E-state index in [-0.39, 0.29) is 5.97 Å². The van der Waals surface area contributed by atoms with Crippen molar-refractivity contribution in [1.29, 1.82) is 0 Å². The predicted molar refractivity (Wildman–Crippen MR) is 58.3 cm³/mol. The van der Waals surface area contributed by atoms with Crippen molar-refractivity contribution in [2.75, 3.05) is 6.61 Å². The van der Waals surface area contributed by atoms with E-state index in [4.69, 9.17) is 4.74 Å². The number of aromatic amines is 1. The van der Waals surface area contributed by atoms with Crippen molar-refractivity contribution in [3.8, 4) is 0 Å². The van der Waals surface area contributed by atoms with Crippen molar-refractivity contribution < 1.29 is 9.53 Å². The molecule has 0 aromatic carbocycles. The molecule has 82 valence electrons. The lowest BCUT2D eigenvalue weighted by Gasteiger charge is -2.00. The van der Waals surface area contributed by atoms with Crippen molar-refractivity contribution in [1.82, 2.24) is 9.97 Å². The lowest BCUT2D eigenvalue weighted by Crippen LogP contribution is -2.04. The van der Waals surface area contributed by atoms with Gasteiger partial charge in [-0.05, 0) is 33.8 Å². The second-order valence-corrected chi connectivity index (χ2v) is 3.38. The van der Waals surface area contributed by atoms with E-state index in [1.807, 2.05) is 13.8 Å². The number of ether oxygens (including phenoxy) is 1. The highest BCUT2D eigenvalue weighted by Gasteiger charge is 2.07. The maximum absolute atomic E-state index is 11.3. The van der Waals surface area contributed by atoms with E-state index < -0.39 is 0 Å². The van der Waals surface area contributed by atoms with Crippen LogP contribution < -0.4 is 0 Å². The maximum Gasteiger partial charge on any atom is 0.333 e. The molecule has 0 spiro atoms. The summed E-state index contributed by atoms with van der Waals surface area (Å²) in [7, 11) is 0. The van der Waals surface area contributed by atoms with Gasteiger partial charge in [0.15, 0.2) is 0 Å². The Morgan fingerprint density at radius 2 is 2.20 bits per heavy atom. The lowest BCUT2D eigenvalue weighted by molar-refractivity contribution is -0.138. The summed E-state index contributed by atoms with van der Waals surface area (Å²) in [6.07, 6.45) is 1.73. The van der Waals surface area contributed by atoms with Crippen molar-refractivity contribution in [2.45, 2.75) is 27.7 Å². The third-order valence-corrected chi connectivity index (χ3v) is 1.99. The van der Waals surface area contributed by atoms with Gasteiger partial charge in [0.2, 0.25) is 0 Å². The first-order valence-corrected chi connectivity index (χ1v) is 4.93. The summed E-state index contributed by atoms with van der Waals surface area (Å²) >= 11 is 0. The molecular formula is C11H16N2O2. The Kier molecular flexibility index (Phi) is 3.66. The molecule has 0 saturated heterocycles. The quantitative estimate of drug-likeness (QED) is 0.610. The predicted octanol–water partition coefficient (Wildman–Crippen LogP) is 1.99. The average Bonchev–Trinajstić information content (AvgIpc) is 2.45. The van der Waals surface area contributed by atoms with Crippen LogP contribution in [0.2, 0.25) is 0 Å². The smallest absolute Gasteiger partial charge is 0.333 e. The number of aryl methyl sites for hydroxylation is 2. The average molecular weight is 208 g/mol. The molecule has 0 aliphatic heterocycles. The number of nitrogens with zero attached hydrogens (tertiary/aromatic N) is 1. The fourth-order valence-corrected chi connectivity index (χ4v) is 1.28. The van der Waals surface area contributed by atoms with E-state index in [1.54, 1.807) is 19.9 Å². The molecule has 0 amide bonds. The summed E-state index contributed by atoms with van der Waals surface area (Å²) in [6, 6.07) is 0. The first-order valence-electron chi connectivity index (χ1n) is 4.93. The second-order valence-electron chi connectivity index (χ2n) is 3.38. The molecule has 0 radical (unpaired) electrons. The van der Waals surface area contributed by atoms with E-state index in [9.17, 15) is 4.79 Å². The van der Waals surface area contributed by atoms with Gasteiger partial charge in [-0.15, -0.1) is 0 Å². The number of carbonyl (C=O) groups is 1. The fourth-order valence-electron chi connectivity index (χ4n) is 1.28. The maximum atomic E-state index is 11.3. The molecule has 0 saturated carbocycles. The SMILES string of the molecule is CCOC(=O)/C(C)=C/c1nc(C)[nH]c1C. The third-order valence-electron chi connectivity index (χ3n) is 1.99. The van der Waals surface area contributed by atoms with Gasteiger partial charge in [0.1, 0.15) is 5.82 Å². The van der Waals surface area contributed by atoms with E-state index >= 15 is 0 Å². The molecule has 1 aromatic rings. The van der Waals surface area contributed by atoms with Crippen LogP contribution >= 0.6 is 0 Å². The number of aromatic nitrogens is 2. The Hall–Kier alpha value is -1.58. The zero-order chi connectivity index (χ0) is 11.4. The molecule has 1 rings (SSSR count). The van der Waals surface area contributed by atoms with Crippen molar-refractivity contribution in [3.63, 3.8) is 0 Å². The highest BCUT2D eigenvalue weighted by Crippen LogP contribution is 2.10. The Morgan fingerprint density at radius 1 is 1.53 bits per heavy atom. The minimum Gasteiger partial charge on any atom is -0.463 e. The summed E-state index contributed by atoms with van der Waals surface area (Å²) in [5.41, 5.74) is 2.31. The monoisotopic (exact) mass is 208 g/mol. The Balaban J connectivity index is 2.87. The molecule has 4 heteroatoms. The summed E-state index contributed by atoms with van der Waals surface area (Å²) in [5, 5.41) is 0. The molecular weight excluding hydrogens is 192 g/mol. The normalized spacial score (nSPS) is 11.6. The van der Waals surface area contributed by atoms with E-state index in [0.29, 0.717) is 12.2 Å². The van der Waals surface area contributed by atoms with E-state index in [1.165, 1.54) is 0 Å². The summed E-state index contributed by atoms with van der Waals surface area (Å²) in [6.45, 7) is 7.70. The number of nitrogens with one attached hydrogen (secondary N) is 1. The van der Waals surface area contributed by atoms with Crippen LogP contribution in [0.25, 0.3) is 6.08 Å². The van der Waals surface area contributed by atoms with Crippen molar-refractivity contribution >= 4 is 12.0 Å². The summed E-state index contributed by atoms with van der Waals surface area (Å²) in [4.78, 5) is 18.7. The van der Waals surface area contributed by atoms with Crippen LogP contribution in [0.3, 0.4) is 0 Å². The molecule has 4 nitrogen and oxygen atoms in total. The molecule has 0 bridgehead atoms. The van der Waals surface area contributed by atoms with Gasteiger partial charge >= 0.3 is 5.97 Å². The van der Waals surface area contributed by atoms with Gasteiger partial charge in [0, 0.05) is 11.3 Å². The van der Waals surface area contributed by atoms with E-state index in [2.05, 4.69) is 9.97 Å². The van der Waals surface area contributed by atoms with Gasteiger partial charge in [-0.25, -0.2) is 9.78 Å². The minimum atomic E-state index is -0.294. The molecule has 15 heavy (non-hydrogen) atoms. The van der Waals surface area contributed by atoms with Crippen LogP contribution in [-0.4, -0.2) is 22.5 Å². The molecule has 0 atom stereocenters. The number of carbonyl (C=O) groups excluding carboxylic acids is 1. The van der Waals surface area contributed by atoms with Gasteiger partial charge in [-0.1, -0.05) is 0 Å². The Bertz CT molecular complexity index is 391. The van der Waals surface area contributed by atoms with Gasteiger partial charge in [0.05, 0.1) is 12.3 Å². The third kappa shape index (κ3) is 2.94. The van der Waals surface area contributed by atoms with Gasteiger partial charge < -0.3 is 9.72 Å². The van der Waals surface area contributed by atoms with Crippen molar-refractivity contribution in [3.05, 3.63) is 22.8 Å².